The van der Waals surface area contributed by atoms with Gasteiger partial charge in [0.25, 0.3) is 0 Å². The van der Waals surface area contributed by atoms with Gasteiger partial charge in [-0.05, 0) is 52.9 Å². The quantitative estimate of drug-likeness (QED) is 0.618. The number of rotatable bonds is 4. The second-order valence-corrected chi connectivity index (χ2v) is 7.25. The van der Waals surface area contributed by atoms with E-state index in [9.17, 15) is 13.2 Å². The standard InChI is InChI=1S/C20H18ClF3N6/c21-16-4-6-17(7-5-16)30-19(25-26-27-30)8-9-28-10-12-29(13-11-28)18-3-1-2-15(14-18)20(22,23)24/h1-9,14H,10-13H2/b9-8+. The molecule has 0 spiro atoms. The van der Waals surface area contributed by atoms with Crippen LogP contribution in [-0.2, 0) is 6.18 Å². The monoisotopic (exact) mass is 434 g/mol. The molecule has 156 valence electrons. The maximum Gasteiger partial charge on any atom is 0.416 e. The lowest BCUT2D eigenvalue weighted by molar-refractivity contribution is -0.137. The van der Waals surface area contributed by atoms with Gasteiger partial charge in [-0.15, -0.1) is 5.10 Å². The maximum absolute atomic E-state index is 12.9. The Kier molecular flexibility index (Phi) is 5.63. The fourth-order valence-electron chi connectivity index (χ4n) is 3.24. The zero-order valence-electron chi connectivity index (χ0n) is 15.8. The molecule has 30 heavy (non-hydrogen) atoms. The normalized spacial score (nSPS) is 15.2. The number of piperazine rings is 1. The van der Waals surface area contributed by atoms with E-state index in [1.807, 2.05) is 29.3 Å². The Hall–Kier alpha value is -3.07. The summed E-state index contributed by atoms with van der Waals surface area (Å²) < 4.78 is 40.4. The molecule has 10 heteroatoms. The summed E-state index contributed by atoms with van der Waals surface area (Å²) in [7, 11) is 0. The van der Waals surface area contributed by atoms with Crippen LogP contribution in [0.2, 0.25) is 5.02 Å². The van der Waals surface area contributed by atoms with Crippen molar-refractivity contribution < 1.29 is 13.2 Å². The minimum atomic E-state index is -4.34. The smallest absolute Gasteiger partial charge is 0.374 e. The number of nitrogens with zero attached hydrogens (tertiary/aromatic N) is 6. The molecule has 0 amide bonds. The summed E-state index contributed by atoms with van der Waals surface area (Å²) in [6, 6.07) is 12.6. The molecule has 1 fully saturated rings. The summed E-state index contributed by atoms with van der Waals surface area (Å²) in [5.41, 5.74) is 0.745. The van der Waals surface area contributed by atoms with Gasteiger partial charge in [-0.3, -0.25) is 0 Å². The first-order valence-electron chi connectivity index (χ1n) is 9.29. The van der Waals surface area contributed by atoms with Crippen LogP contribution in [0.4, 0.5) is 18.9 Å². The van der Waals surface area contributed by atoms with Crippen molar-refractivity contribution in [1.29, 1.82) is 0 Å². The molecule has 0 bridgehead atoms. The number of tetrazole rings is 1. The number of hydrogen-bond donors (Lipinski definition) is 0. The van der Waals surface area contributed by atoms with E-state index in [0.717, 1.165) is 11.8 Å². The fourth-order valence-corrected chi connectivity index (χ4v) is 3.37. The highest BCUT2D eigenvalue weighted by Gasteiger charge is 2.31. The Morgan fingerprint density at radius 3 is 2.37 bits per heavy atom. The first kappa shape index (κ1) is 20.2. The summed E-state index contributed by atoms with van der Waals surface area (Å²) in [6.45, 7) is 2.59. The Morgan fingerprint density at radius 2 is 1.67 bits per heavy atom. The number of benzene rings is 2. The third-order valence-electron chi connectivity index (χ3n) is 4.85. The number of anilines is 1. The topological polar surface area (TPSA) is 50.1 Å². The molecule has 3 aromatic rings. The SMILES string of the molecule is FC(F)(F)c1cccc(N2CCN(/C=C/c3nnnn3-c3ccc(Cl)cc3)CC2)c1. The van der Waals surface area contributed by atoms with Gasteiger partial charge in [-0.25, -0.2) is 0 Å². The molecule has 0 aliphatic carbocycles. The average molecular weight is 435 g/mol. The molecular weight excluding hydrogens is 417 g/mol. The van der Waals surface area contributed by atoms with E-state index in [0.29, 0.717) is 42.7 Å². The second-order valence-electron chi connectivity index (χ2n) is 6.81. The van der Waals surface area contributed by atoms with Crippen molar-refractivity contribution in [3.05, 3.63) is 71.1 Å². The third kappa shape index (κ3) is 4.56. The number of halogens is 4. The van der Waals surface area contributed by atoms with Crippen LogP contribution in [0.1, 0.15) is 11.4 Å². The molecule has 1 aromatic heterocycles. The molecule has 1 saturated heterocycles. The predicted octanol–water partition coefficient (Wildman–Crippen LogP) is 4.13. The van der Waals surface area contributed by atoms with E-state index in [-0.39, 0.29) is 0 Å². The zero-order valence-corrected chi connectivity index (χ0v) is 16.6. The van der Waals surface area contributed by atoms with Crippen molar-refractivity contribution >= 4 is 23.4 Å². The van der Waals surface area contributed by atoms with Crippen LogP contribution >= 0.6 is 11.6 Å². The van der Waals surface area contributed by atoms with Crippen molar-refractivity contribution in [1.82, 2.24) is 25.1 Å². The molecule has 0 radical (unpaired) electrons. The lowest BCUT2D eigenvalue weighted by Gasteiger charge is -2.35. The van der Waals surface area contributed by atoms with Gasteiger partial charge in [0.05, 0.1) is 11.3 Å². The van der Waals surface area contributed by atoms with Crippen LogP contribution in [0.5, 0.6) is 0 Å². The van der Waals surface area contributed by atoms with E-state index < -0.39 is 11.7 Å². The van der Waals surface area contributed by atoms with Gasteiger partial charge in [-0.2, -0.15) is 17.9 Å². The van der Waals surface area contributed by atoms with Gasteiger partial charge in [0.15, 0.2) is 5.82 Å². The lowest BCUT2D eigenvalue weighted by atomic mass is 10.1. The third-order valence-corrected chi connectivity index (χ3v) is 5.10. The molecule has 0 saturated carbocycles. The molecule has 6 nitrogen and oxygen atoms in total. The summed E-state index contributed by atoms with van der Waals surface area (Å²) >= 11 is 5.92. The van der Waals surface area contributed by atoms with Crippen molar-refractivity contribution in [2.45, 2.75) is 6.18 Å². The summed E-state index contributed by atoms with van der Waals surface area (Å²) in [4.78, 5) is 4.04. The van der Waals surface area contributed by atoms with Gasteiger partial charge in [0, 0.05) is 49.2 Å². The van der Waals surface area contributed by atoms with Gasteiger partial charge in [0.2, 0.25) is 0 Å². The first-order chi connectivity index (χ1) is 14.4. The highest BCUT2D eigenvalue weighted by atomic mass is 35.5. The molecule has 2 aromatic carbocycles. The number of alkyl halides is 3. The van der Waals surface area contributed by atoms with Crippen molar-refractivity contribution in [3.8, 4) is 5.69 Å². The van der Waals surface area contributed by atoms with Crippen molar-refractivity contribution in [2.75, 3.05) is 31.1 Å². The van der Waals surface area contributed by atoms with Gasteiger partial charge in [0.1, 0.15) is 0 Å². The van der Waals surface area contributed by atoms with E-state index in [1.54, 1.807) is 22.9 Å². The minimum Gasteiger partial charge on any atom is -0.374 e. The number of aromatic nitrogens is 4. The molecule has 0 N–H and O–H groups in total. The van der Waals surface area contributed by atoms with Gasteiger partial charge in [-0.1, -0.05) is 17.7 Å². The number of hydrogen-bond acceptors (Lipinski definition) is 5. The summed E-state index contributed by atoms with van der Waals surface area (Å²) in [5.74, 6) is 0.567. The molecule has 1 aliphatic rings. The Bertz CT molecular complexity index is 1020. The highest BCUT2D eigenvalue weighted by Crippen LogP contribution is 2.31. The molecule has 0 atom stereocenters. The van der Waals surface area contributed by atoms with Crippen LogP contribution < -0.4 is 4.90 Å². The average Bonchev–Trinajstić information content (AvgIpc) is 3.21. The van der Waals surface area contributed by atoms with Crippen LogP contribution in [-0.4, -0.2) is 51.3 Å². The van der Waals surface area contributed by atoms with E-state index in [1.165, 1.54) is 12.1 Å². The molecular formula is C20H18ClF3N6. The van der Waals surface area contributed by atoms with Crippen molar-refractivity contribution in [2.24, 2.45) is 0 Å². The van der Waals surface area contributed by atoms with Gasteiger partial charge >= 0.3 is 6.18 Å². The highest BCUT2D eigenvalue weighted by molar-refractivity contribution is 6.30. The van der Waals surface area contributed by atoms with Crippen LogP contribution in [0, 0.1) is 0 Å². The molecule has 0 unspecified atom stereocenters. The Labute approximate surface area is 176 Å². The fraction of sp³-hybridized carbons (Fsp3) is 0.250. The van der Waals surface area contributed by atoms with Gasteiger partial charge < -0.3 is 9.80 Å². The first-order valence-corrected chi connectivity index (χ1v) is 9.67. The predicted molar refractivity (Wildman–Crippen MR) is 108 cm³/mol. The van der Waals surface area contributed by atoms with E-state index in [4.69, 9.17) is 11.6 Å². The molecule has 2 heterocycles. The van der Waals surface area contributed by atoms with Crippen molar-refractivity contribution in [3.63, 3.8) is 0 Å². The Morgan fingerprint density at radius 1 is 0.933 bits per heavy atom. The second kappa shape index (κ2) is 8.35. The minimum absolute atomic E-state index is 0.567. The van der Waals surface area contributed by atoms with E-state index >= 15 is 0 Å². The summed E-state index contributed by atoms with van der Waals surface area (Å²) in [5, 5.41) is 12.4. The maximum atomic E-state index is 12.9. The zero-order chi connectivity index (χ0) is 21.1. The largest absolute Gasteiger partial charge is 0.416 e. The molecule has 4 rings (SSSR count). The van der Waals surface area contributed by atoms with Crippen LogP contribution in [0.3, 0.4) is 0 Å². The Balaban J connectivity index is 1.40. The summed E-state index contributed by atoms with van der Waals surface area (Å²) in [6.07, 6.45) is -0.620. The molecule has 1 aliphatic heterocycles. The lowest BCUT2D eigenvalue weighted by Crippen LogP contribution is -2.44. The van der Waals surface area contributed by atoms with E-state index in [2.05, 4.69) is 20.4 Å². The van der Waals surface area contributed by atoms with Crippen LogP contribution in [0.25, 0.3) is 11.8 Å². The van der Waals surface area contributed by atoms with Crippen LogP contribution in [0.15, 0.2) is 54.7 Å².